The average molecular weight is 260 g/mol. The van der Waals surface area contributed by atoms with Gasteiger partial charge in [-0.3, -0.25) is 0 Å². The number of aromatic nitrogens is 3. The highest BCUT2D eigenvalue weighted by Crippen LogP contribution is 2.24. The van der Waals surface area contributed by atoms with E-state index in [1.807, 2.05) is 0 Å². The summed E-state index contributed by atoms with van der Waals surface area (Å²) in [5.74, 6) is -1.02. The van der Waals surface area contributed by atoms with Gasteiger partial charge >= 0.3 is 5.97 Å². The maximum Gasteiger partial charge on any atom is 0.349 e. The smallest absolute Gasteiger partial charge is 0.349 e. The number of aromatic carboxylic acids is 1. The maximum atomic E-state index is 10.7. The second-order valence-electron chi connectivity index (χ2n) is 2.18. The largest absolute Gasteiger partial charge is 0.477 e. The lowest BCUT2D eigenvalue weighted by molar-refractivity contribution is 0.0704. The average Bonchev–Trinajstić information content (AvgIpc) is 2.48. The second-order valence-corrected chi connectivity index (χ2v) is 3.70. The summed E-state index contributed by atoms with van der Waals surface area (Å²) in [6.45, 7) is 0. The number of rotatable bonds is 1. The molecule has 2 heterocycles. The predicted molar refractivity (Wildman–Crippen MR) is 49.9 cm³/mol. The van der Waals surface area contributed by atoms with Crippen LogP contribution in [0.4, 0.5) is 0 Å². The van der Waals surface area contributed by atoms with E-state index in [0.717, 1.165) is 11.5 Å². The predicted octanol–water partition coefficient (Wildman–Crippen LogP) is 1.55. The topological polar surface area (TPSA) is 76.0 Å². The van der Waals surface area contributed by atoms with Crippen molar-refractivity contribution in [3.63, 3.8) is 0 Å². The summed E-state index contributed by atoms with van der Waals surface area (Å²) >= 11 is 4.06. The van der Waals surface area contributed by atoms with Gasteiger partial charge in [0.05, 0.1) is 0 Å². The first kappa shape index (κ1) is 8.52. The van der Waals surface area contributed by atoms with Crippen LogP contribution in [0.15, 0.2) is 10.9 Å². The van der Waals surface area contributed by atoms with Crippen molar-refractivity contribution in [2.45, 2.75) is 0 Å². The Morgan fingerprint density at radius 2 is 2.23 bits per heavy atom. The molecule has 7 heteroatoms. The van der Waals surface area contributed by atoms with E-state index in [9.17, 15) is 4.79 Å². The molecule has 0 bridgehead atoms. The first-order valence-corrected chi connectivity index (χ1v) is 4.76. The first-order chi connectivity index (χ1) is 6.20. The van der Waals surface area contributed by atoms with E-state index in [1.54, 1.807) is 0 Å². The van der Waals surface area contributed by atoms with Crippen molar-refractivity contribution in [3.8, 4) is 0 Å². The quantitative estimate of drug-likeness (QED) is 0.787. The molecule has 2 aromatic rings. The number of fused-ring (bicyclic) bond motifs is 1. The van der Waals surface area contributed by atoms with Crippen LogP contribution >= 0.6 is 27.5 Å². The van der Waals surface area contributed by atoms with Crippen LogP contribution in [0.3, 0.4) is 0 Å². The molecule has 0 atom stereocenters. The molecule has 0 fully saturated rings. The molecule has 0 amide bonds. The van der Waals surface area contributed by atoms with Crippen molar-refractivity contribution in [2.75, 3.05) is 0 Å². The van der Waals surface area contributed by atoms with E-state index in [1.165, 1.54) is 6.33 Å². The summed E-state index contributed by atoms with van der Waals surface area (Å²) in [6.07, 6.45) is 1.30. The number of carboxylic acid groups (broad SMARTS) is 1. The van der Waals surface area contributed by atoms with E-state index >= 15 is 0 Å². The fourth-order valence-electron chi connectivity index (χ4n) is 0.879. The summed E-state index contributed by atoms with van der Waals surface area (Å²) < 4.78 is 4.44. The normalized spacial score (nSPS) is 10.5. The van der Waals surface area contributed by atoms with Crippen molar-refractivity contribution >= 4 is 44.5 Å². The molecule has 2 rings (SSSR count). The van der Waals surface area contributed by atoms with Gasteiger partial charge in [-0.2, -0.15) is 4.37 Å². The summed E-state index contributed by atoms with van der Waals surface area (Å²) in [6, 6.07) is 0. The van der Waals surface area contributed by atoms with Crippen molar-refractivity contribution < 1.29 is 9.90 Å². The minimum absolute atomic E-state index is 0.137. The molecule has 0 aromatic carbocycles. The van der Waals surface area contributed by atoms with Gasteiger partial charge in [-0.05, 0) is 27.5 Å². The summed E-state index contributed by atoms with van der Waals surface area (Å²) in [5, 5.41) is 8.76. The Hall–Kier alpha value is -1.08. The zero-order valence-corrected chi connectivity index (χ0v) is 8.46. The van der Waals surface area contributed by atoms with Gasteiger partial charge in [0.15, 0.2) is 4.88 Å². The van der Waals surface area contributed by atoms with Crippen LogP contribution in [-0.2, 0) is 0 Å². The van der Waals surface area contributed by atoms with Crippen LogP contribution in [-0.4, -0.2) is 25.4 Å². The summed E-state index contributed by atoms with van der Waals surface area (Å²) in [5.41, 5.74) is 0.865. The minimum atomic E-state index is -1.02. The molecule has 1 N–H and O–H groups in total. The number of carbonyl (C=O) groups is 1. The third-order valence-corrected chi connectivity index (χ3v) is 2.82. The van der Waals surface area contributed by atoms with Gasteiger partial charge < -0.3 is 5.11 Å². The van der Waals surface area contributed by atoms with E-state index in [-0.39, 0.29) is 4.88 Å². The van der Waals surface area contributed by atoms with Crippen molar-refractivity contribution in [1.29, 1.82) is 0 Å². The second kappa shape index (κ2) is 3.00. The molecule has 0 saturated carbocycles. The van der Waals surface area contributed by atoms with Gasteiger partial charge in [0.25, 0.3) is 0 Å². The fraction of sp³-hybridized carbons (Fsp3) is 0. The standard InChI is InChI=1S/C6H2BrN3O2S/c7-5-3-2(8-1-9-5)4(6(11)12)13-10-3/h1H,(H,11,12). The molecule has 0 aliphatic rings. The number of nitrogens with zero attached hydrogens (tertiary/aromatic N) is 3. The van der Waals surface area contributed by atoms with Crippen LogP contribution in [0.2, 0.25) is 0 Å². The molecule has 2 aromatic heterocycles. The Morgan fingerprint density at radius 3 is 2.92 bits per heavy atom. The zero-order chi connectivity index (χ0) is 9.42. The van der Waals surface area contributed by atoms with Crippen molar-refractivity contribution in [2.24, 2.45) is 0 Å². The SMILES string of the molecule is O=C(O)c1snc2c(Br)ncnc12. The number of hydrogen-bond acceptors (Lipinski definition) is 5. The molecule has 0 saturated heterocycles. The van der Waals surface area contributed by atoms with Crippen LogP contribution < -0.4 is 0 Å². The maximum absolute atomic E-state index is 10.7. The Bertz CT molecular complexity index is 484. The van der Waals surface area contributed by atoms with E-state index in [0.29, 0.717) is 15.6 Å². The third-order valence-electron chi connectivity index (χ3n) is 1.42. The molecule has 0 spiro atoms. The number of carboxylic acids is 1. The van der Waals surface area contributed by atoms with Crippen molar-refractivity contribution in [3.05, 3.63) is 15.8 Å². The van der Waals surface area contributed by atoms with Crippen LogP contribution in [0.5, 0.6) is 0 Å². The monoisotopic (exact) mass is 259 g/mol. The van der Waals surface area contributed by atoms with Gasteiger partial charge in [-0.1, -0.05) is 0 Å². The molecule has 0 aliphatic heterocycles. The summed E-state index contributed by atoms with van der Waals surface area (Å²) in [7, 11) is 0. The molecule has 5 nitrogen and oxygen atoms in total. The zero-order valence-electron chi connectivity index (χ0n) is 6.06. The first-order valence-electron chi connectivity index (χ1n) is 3.19. The Balaban J connectivity index is 2.83. The van der Waals surface area contributed by atoms with E-state index in [4.69, 9.17) is 5.11 Å². The molecule has 66 valence electrons. The third kappa shape index (κ3) is 1.29. The lowest BCUT2D eigenvalue weighted by Crippen LogP contribution is -1.93. The molecule has 13 heavy (non-hydrogen) atoms. The van der Waals surface area contributed by atoms with Crippen molar-refractivity contribution in [1.82, 2.24) is 14.3 Å². The molecular formula is C6H2BrN3O2S. The van der Waals surface area contributed by atoms with Gasteiger partial charge in [0, 0.05) is 0 Å². The summed E-state index contributed by atoms with van der Waals surface area (Å²) in [4.78, 5) is 18.5. The Kier molecular flexibility index (Phi) is 1.97. The van der Waals surface area contributed by atoms with E-state index < -0.39 is 5.97 Å². The Morgan fingerprint density at radius 1 is 1.46 bits per heavy atom. The lowest BCUT2D eigenvalue weighted by atomic mass is 10.4. The van der Waals surface area contributed by atoms with Gasteiger partial charge in [0.1, 0.15) is 22.0 Å². The molecule has 0 radical (unpaired) electrons. The van der Waals surface area contributed by atoms with Crippen LogP contribution in [0.25, 0.3) is 11.0 Å². The lowest BCUT2D eigenvalue weighted by Gasteiger charge is -1.90. The van der Waals surface area contributed by atoms with Gasteiger partial charge in [0.2, 0.25) is 0 Å². The molecule has 0 unspecified atom stereocenters. The highest BCUT2D eigenvalue weighted by Gasteiger charge is 2.15. The number of hydrogen-bond donors (Lipinski definition) is 1. The van der Waals surface area contributed by atoms with E-state index in [2.05, 4.69) is 30.3 Å². The van der Waals surface area contributed by atoms with Crippen LogP contribution in [0.1, 0.15) is 9.67 Å². The highest BCUT2D eigenvalue weighted by molar-refractivity contribution is 9.10. The van der Waals surface area contributed by atoms with Crippen LogP contribution in [0, 0.1) is 0 Å². The molecule has 0 aliphatic carbocycles. The highest BCUT2D eigenvalue weighted by atomic mass is 79.9. The fourth-order valence-corrected chi connectivity index (χ4v) is 2.03. The molecular weight excluding hydrogens is 258 g/mol. The van der Waals surface area contributed by atoms with Gasteiger partial charge in [-0.25, -0.2) is 14.8 Å². The Labute approximate surface area is 84.7 Å². The van der Waals surface area contributed by atoms with Gasteiger partial charge in [-0.15, -0.1) is 0 Å². The minimum Gasteiger partial charge on any atom is -0.477 e. The number of halogens is 1.